The van der Waals surface area contributed by atoms with E-state index in [0.29, 0.717) is 5.56 Å². The number of nitrogens with zero attached hydrogens (tertiary/aromatic N) is 2. The number of alkyl halides is 3. The number of allylic oxidation sites excluding steroid dienone is 1. The highest BCUT2D eigenvalue weighted by molar-refractivity contribution is 9.10. The van der Waals surface area contributed by atoms with E-state index in [0.717, 1.165) is 4.47 Å². The first-order chi connectivity index (χ1) is 16.4. The second-order valence-corrected chi connectivity index (χ2v) is 8.59. The Bertz CT molecular complexity index is 1320. The molecule has 0 amide bonds. The third kappa shape index (κ3) is 6.11. The Labute approximate surface area is 211 Å². The van der Waals surface area contributed by atoms with Crippen molar-refractivity contribution in [2.24, 2.45) is 0 Å². The van der Waals surface area contributed by atoms with Crippen molar-refractivity contribution in [2.45, 2.75) is 6.18 Å². The van der Waals surface area contributed by atoms with Gasteiger partial charge in [0.15, 0.2) is 5.78 Å². The average molecular weight is 616 g/mol. The van der Waals surface area contributed by atoms with Crippen LogP contribution in [0.15, 0.2) is 69.6 Å². The van der Waals surface area contributed by atoms with Gasteiger partial charge in [-0.25, -0.2) is 0 Å². The quantitative estimate of drug-likeness (QED) is 0.116. The number of carbonyl (C=O) groups is 1. The Kier molecular flexibility index (Phi) is 7.70. The molecule has 0 bridgehead atoms. The number of para-hydroxylation sites is 1. The molecule has 0 saturated carbocycles. The van der Waals surface area contributed by atoms with Gasteiger partial charge in [-0.15, -0.1) is 0 Å². The number of nitro groups is 2. The van der Waals surface area contributed by atoms with Crippen LogP contribution in [0.1, 0.15) is 21.5 Å². The number of hydrogen-bond acceptors (Lipinski definition) is 6. The fourth-order valence-electron chi connectivity index (χ4n) is 2.88. The van der Waals surface area contributed by atoms with Gasteiger partial charge in [0.05, 0.1) is 19.9 Å². The molecule has 180 valence electrons. The Morgan fingerprint density at radius 2 is 1.49 bits per heavy atom. The van der Waals surface area contributed by atoms with E-state index in [1.807, 2.05) is 0 Å². The van der Waals surface area contributed by atoms with Gasteiger partial charge in [-0.2, -0.15) is 13.2 Å². The maximum Gasteiger partial charge on any atom is 0.416 e. The van der Waals surface area contributed by atoms with Crippen LogP contribution in [0, 0.1) is 20.2 Å². The first-order valence-corrected chi connectivity index (χ1v) is 11.0. The molecule has 0 atom stereocenters. The monoisotopic (exact) mass is 614 g/mol. The van der Waals surface area contributed by atoms with Crippen molar-refractivity contribution in [3.05, 3.63) is 107 Å². The van der Waals surface area contributed by atoms with Crippen LogP contribution in [0.4, 0.5) is 24.5 Å². The normalized spacial score (nSPS) is 11.5. The van der Waals surface area contributed by atoms with Crippen molar-refractivity contribution in [3.8, 4) is 11.5 Å². The topological polar surface area (TPSA) is 113 Å². The number of nitro benzene ring substituents is 2. The van der Waals surface area contributed by atoms with Gasteiger partial charge in [0.25, 0.3) is 5.75 Å². The highest BCUT2D eigenvalue weighted by atomic mass is 79.9. The molecular formula is C22H11Br2F3N2O6. The third-order valence-electron chi connectivity index (χ3n) is 4.52. The molecule has 0 aromatic heterocycles. The molecule has 0 spiro atoms. The predicted molar refractivity (Wildman–Crippen MR) is 126 cm³/mol. The summed E-state index contributed by atoms with van der Waals surface area (Å²) in [4.78, 5) is 33.0. The summed E-state index contributed by atoms with van der Waals surface area (Å²) in [6, 6.07) is 11.2. The van der Waals surface area contributed by atoms with Crippen LogP contribution in [-0.2, 0) is 6.18 Å². The van der Waals surface area contributed by atoms with Gasteiger partial charge in [0.2, 0.25) is 0 Å². The van der Waals surface area contributed by atoms with E-state index in [4.69, 9.17) is 4.74 Å². The molecule has 3 rings (SSSR count). The summed E-state index contributed by atoms with van der Waals surface area (Å²) in [5.41, 5.74) is -3.54. The maximum atomic E-state index is 13.2. The number of ketones is 1. The molecule has 13 heteroatoms. The zero-order valence-corrected chi connectivity index (χ0v) is 20.3. The molecule has 0 heterocycles. The fraction of sp³-hybridized carbons (Fsp3) is 0.0455. The zero-order chi connectivity index (χ0) is 25.9. The second-order valence-electron chi connectivity index (χ2n) is 6.82. The highest BCUT2D eigenvalue weighted by Gasteiger charge is 2.39. The van der Waals surface area contributed by atoms with Gasteiger partial charge in [0.1, 0.15) is 5.75 Å². The van der Waals surface area contributed by atoms with E-state index >= 15 is 0 Å². The van der Waals surface area contributed by atoms with E-state index in [1.165, 1.54) is 30.4 Å². The molecule has 35 heavy (non-hydrogen) atoms. The minimum Gasteiger partial charge on any atom is -0.442 e. The van der Waals surface area contributed by atoms with Crippen molar-refractivity contribution in [2.75, 3.05) is 0 Å². The van der Waals surface area contributed by atoms with Crippen molar-refractivity contribution in [3.63, 3.8) is 0 Å². The van der Waals surface area contributed by atoms with Crippen LogP contribution in [0.2, 0.25) is 0 Å². The number of halogens is 5. The Morgan fingerprint density at radius 3 is 2.00 bits per heavy atom. The number of hydrogen-bond donors (Lipinski definition) is 0. The van der Waals surface area contributed by atoms with E-state index in [1.54, 1.807) is 24.3 Å². The van der Waals surface area contributed by atoms with Crippen LogP contribution in [0.3, 0.4) is 0 Å². The van der Waals surface area contributed by atoms with Gasteiger partial charge >= 0.3 is 17.6 Å². The summed E-state index contributed by atoms with van der Waals surface area (Å²) >= 11 is 6.42. The summed E-state index contributed by atoms with van der Waals surface area (Å²) in [5, 5.41) is 23.0. The lowest BCUT2D eigenvalue weighted by Gasteiger charge is -2.13. The van der Waals surface area contributed by atoms with Gasteiger partial charge in [0, 0.05) is 27.7 Å². The van der Waals surface area contributed by atoms with Crippen LogP contribution < -0.4 is 4.74 Å². The molecule has 0 unspecified atom stereocenters. The molecule has 3 aromatic carbocycles. The highest BCUT2D eigenvalue weighted by Crippen LogP contribution is 2.46. The van der Waals surface area contributed by atoms with Gasteiger partial charge < -0.3 is 4.74 Å². The molecule has 0 fully saturated rings. The number of benzene rings is 3. The summed E-state index contributed by atoms with van der Waals surface area (Å²) in [7, 11) is 0. The molecule has 8 nitrogen and oxygen atoms in total. The van der Waals surface area contributed by atoms with Crippen molar-refractivity contribution >= 4 is 55.1 Å². The minimum absolute atomic E-state index is 0.158. The Hall–Kier alpha value is -3.58. The second kappa shape index (κ2) is 10.4. The summed E-state index contributed by atoms with van der Waals surface area (Å²) in [6.07, 6.45) is -2.57. The average Bonchev–Trinajstić information content (AvgIpc) is 2.78. The fourth-order valence-corrected chi connectivity index (χ4v) is 3.61. The van der Waals surface area contributed by atoms with E-state index in [2.05, 4.69) is 31.9 Å². The van der Waals surface area contributed by atoms with Gasteiger partial charge in [-0.3, -0.25) is 25.0 Å². The Morgan fingerprint density at radius 1 is 0.914 bits per heavy atom. The first kappa shape index (κ1) is 26.0. The van der Waals surface area contributed by atoms with Crippen molar-refractivity contribution < 1.29 is 32.5 Å². The SMILES string of the molecule is O=C(/C=C/c1cccc(Br)c1Oc1c([N+](=O)[O-])cc(C(F)(F)F)cc1[N+](=O)[O-])c1ccc(Br)cc1. The van der Waals surface area contributed by atoms with Crippen molar-refractivity contribution in [1.82, 2.24) is 0 Å². The van der Waals surface area contributed by atoms with E-state index in [-0.39, 0.29) is 27.9 Å². The molecule has 0 radical (unpaired) electrons. The van der Waals surface area contributed by atoms with Gasteiger partial charge in [-0.1, -0.05) is 28.1 Å². The molecule has 0 N–H and O–H groups in total. The lowest BCUT2D eigenvalue weighted by atomic mass is 10.1. The van der Waals surface area contributed by atoms with Crippen LogP contribution in [0.25, 0.3) is 6.08 Å². The number of ether oxygens (including phenoxy) is 1. The lowest BCUT2D eigenvalue weighted by molar-refractivity contribution is -0.396. The van der Waals surface area contributed by atoms with Crippen LogP contribution in [0.5, 0.6) is 11.5 Å². The molecule has 0 aliphatic carbocycles. The van der Waals surface area contributed by atoms with E-state index < -0.39 is 44.5 Å². The minimum atomic E-state index is -5.07. The summed E-state index contributed by atoms with van der Waals surface area (Å²) in [6.45, 7) is 0. The Balaban J connectivity index is 2.09. The first-order valence-electron chi connectivity index (χ1n) is 9.37. The van der Waals surface area contributed by atoms with Crippen LogP contribution >= 0.6 is 31.9 Å². The predicted octanol–water partition coefficient (Wildman–Crippen LogP) is 7.74. The lowest BCUT2D eigenvalue weighted by Crippen LogP contribution is -2.08. The summed E-state index contributed by atoms with van der Waals surface area (Å²) < 4.78 is 45.9. The van der Waals surface area contributed by atoms with Crippen LogP contribution in [-0.4, -0.2) is 15.6 Å². The maximum absolute atomic E-state index is 13.2. The van der Waals surface area contributed by atoms with E-state index in [9.17, 15) is 38.2 Å². The largest absolute Gasteiger partial charge is 0.442 e. The third-order valence-corrected chi connectivity index (χ3v) is 5.67. The zero-order valence-electron chi connectivity index (χ0n) is 17.1. The standard InChI is InChI=1S/C22H11Br2F3N2O6/c23-15-7-4-12(5-8-15)19(30)9-6-13-2-1-3-16(24)20(13)35-21-17(28(31)32)10-14(22(25,26)27)11-18(21)29(33)34/h1-11H/b9-6+. The van der Waals surface area contributed by atoms with Gasteiger partial charge in [-0.05, 0) is 58.4 Å². The van der Waals surface area contributed by atoms with Crippen molar-refractivity contribution in [1.29, 1.82) is 0 Å². The number of rotatable bonds is 7. The molecule has 0 aliphatic rings. The molecular weight excluding hydrogens is 605 g/mol. The summed E-state index contributed by atoms with van der Waals surface area (Å²) in [5.74, 6) is -1.57. The molecule has 0 saturated heterocycles. The molecule has 0 aliphatic heterocycles. The smallest absolute Gasteiger partial charge is 0.416 e. The molecule has 3 aromatic rings. The number of carbonyl (C=O) groups excluding carboxylic acids is 1.